The van der Waals surface area contributed by atoms with Gasteiger partial charge in [0.25, 0.3) is 0 Å². The van der Waals surface area contributed by atoms with Gasteiger partial charge in [-0.1, -0.05) is 29.3 Å². The Morgan fingerprint density at radius 1 is 1.40 bits per heavy atom. The molecular weight excluding hydrogens is 363 g/mol. The number of aromatic nitrogens is 2. The molecule has 106 valence electrons. The number of hydrogen-bond acceptors (Lipinski definition) is 2. The van der Waals surface area contributed by atoms with Crippen molar-refractivity contribution >= 4 is 44.9 Å². The number of aryl methyl sites for hydroxylation is 2. The highest BCUT2D eigenvalue weighted by molar-refractivity contribution is 9.10. The second-order valence-corrected chi connectivity index (χ2v) is 6.03. The molecule has 2 aromatic rings. The van der Waals surface area contributed by atoms with E-state index < -0.39 is 0 Å². The lowest BCUT2D eigenvalue weighted by Crippen LogP contribution is -2.10. The molecule has 0 atom stereocenters. The molecule has 0 aliphatic heterocycles. The van der Waals surface area contributed by atoms with Gasteiger partial charge in [-0.3, -0.25) is 9.48 Å². The maximum atomic E-state index is 12.3. The van der Waals surface area contributed by atoms with Crippen LogP contribution in [0, 0.1) is 6.92 Å². The lowest BCUT2D eigenvalue weighted by atomic mass is 10.1. The van der Waals surface area contributed by atoms with E-state index in [9.17, 15) is 4.79 Å². The highest BCUT2D eigenvalue weighted by Gasteiger charge is 2.17. The highest BCUT2D eigenvalue weighted by Crippen LogP contribution is 2.25. The molecule has 0 bridgehead atoms. The van der Waals surface area contributed by atoms with E-state index >= 15 is 0 Å². The fraction of sp³-hybridized carbons (Fsp3) is 0.286. The van der Waals surface area contributed by atoms with E-state index in [0.717, 1.165) is 15.9 Å². The van der Waals surface area contributed by atoms with Crippen molar-refractivity contribution in [2.75, 3.05) is 0 Å². The summed E-state index contributed by atoms with van der Waals surface area (Å²) in [5, 5.41) is 5.38. The molecule has 1 heterocycles. The van der Waals surface area contributed by atoms with E-state index in [4.69, 9.17) is 23.2 Å². The first-order valence-corrected chi connectivity index (χ1v) is 7.69. The van der Waals surface area contributed by atoms with Crippen molar-refractivity contribution in [2.45, 2.75) is 26.8 Å². The Labute approximate surface area is 136 Å². The van der Waals surface area contributed by atoms with E-state index in [2.05, 4.69) is 21.0 Å². The standard InChI is InChI=1S/C14H13BrCl2N2O/c1-3-19-12(14(17)8(2)18-19)7-13(20)9-4-5-10(15)11(16)6-9/h4-6H,3,7H2,1-2H3. The van der Waals surface area contributed by atoms with Crippen LogP contribution in [0.3, 0.4) is 0 Å². The van der Waals surface area contributed by atoms with Gasteiger partial charge < -0.3 is 0 Å². The summed E-state index contributed by atoms with van der Waals surface area (Å²) in [4.78, 5) is 12.3. The molecule has 0 N–H and O–H groups in total. The number of carbonyl (C=O) groups excluding carboxylic acids is 1. The Balaban J connectivity index is 2.30. The van der Waals surface area contributed by atoms with Crippen LogP contribution in [-0.4, -0.2) is 15.6 Å². The fourth-order valence-electron chi connectivity index (χ4n) is 1.96. The molecule has 1 aromatic heterocycles. The number of ketones is 1. The van der Waals surface area contributed by atoms with Crippen molar-refractivity contribution in [3.63, 3.8) is 0 Å². The third-order valence-corrected chi connectivity index (χ3v) is 4.75. The molecular formula is C14H13BrCl2N2O. The Morgan fingerprint density at radius 3 is 2.70 bits per heavy atom. The zero-order chi connectivity index (χ0) is 14.9. The van der Waals surface area contributed by atoms with Crippen molar-refractivity contribution in [2.24, 2.45) is 0 Å². The summed E-state index contributed by atoms with van der Waals surface area (Å²) in [6.07, 6.45) is 0.214. The van der Waals surface area contributed by atoms with E-state index in [1.165, 1.54) is 0 Å². The molecule has 0 radical (unpaired) electrons. The maximum Gasteiger partial charge on any atom is 0.168 e. The minimum Gasteiger partial charge on any atom is -0.294 e. The van der Waals surface area contributed by atoms with Gasteiger partial charge in [0, 0.05) is 16.6 Å². The molecule has 2 rings (SSSR count). The molecule has 0 fully saturated rings. The molecule has 20 heavy (non-hydrogen) atoms. The summed E-state index contributed by atoms with van der Waals surface area (Å²) in [6.45, 7) is 4.48. The van der Waals surface area contributed by atoms with Crippen LogP contribution in [0.5, 0.6) is 0 Å². The zero-order valence-corrected chi connectivity index (χ0v) is 14.2. The largest absolute Gasteiger partial charge is 0.294 e. The van der Waals surface area contributed by atoms with Gasteiger partial charge in [0.2, 0.25) is 0 Å². The lowest BCUT2D eigenvalue weighted by molar-refractivity contribution is 0.0990. The van der Waals surface area contributed by atoms with E-state index in [1.54, 1.807) is 22.9 Å². The highest BCUT2D eigenvalue weighted by atomic mass is 79.9. The summed E-state index contributed by atoms with van der Waals surface area (Å²) in [6, 6.07) is 5.16. The molecule has 0 amide bonds. The molecule has 0 spiro atoms. The van der Waals surface area contributed by atoms with Crippen LogP contribution in [0.2, 0.25) is 10.0 Å². The number of rotatable bonds is 4. The predicted octanol–water partition coefficient (Wildman–Crippen LogP) is 4.71. The second kappa shape index (κ2) is 6.29. The summed E-state index contributed by atoms with van der Waals surface area (Å²) in [5.41, 5.74) is 2.05. The number of hydrogen-bond donors (Lipinski definition) is 0. The minimum absolute atomic E-state index is 0.0316. The predicted molar refractivity (Wildman–Crippen MR) is 84.8 cm³/mol. The molecule has 3 nitrogen and oxygen atoms in total. The molecule has 0 aliphatic carbocycles. The monoisotopic (exact) mass is 374 g/mol. The zero-order valence-electron chi connectivity index (χ0n) is 11.1. The van der Waals surface area contributed by atoms with E-state index in [-0.39, 0.29) is 12.2 Å². The molecule has 0 unspecified atom stereocenters. The van der Waals surface area contributed by atoms with Crippen LogP contribution < -0.4 is 0 Å². The second-order valence-electron chi connectivity index (χ2n) is 4.39. The van der Waals surface area contributed by atoms with Crippen molar-refractivity contribution in [3.8, 4) is 0 Å². The van der Waals surface area contributed by atoms with E-state index in [0.29, 0.717) is 22.2 Å². The molecule has 1 aromatic carbocycles. The van der Waals surface area contributed by atoms with Crippen LogP contribution in [0.1, 0.15) is 28.7 Å². The van der Waals surface area contributed by atoms with Crippen molar-refractivity contribution in [1.29, 1.82) is 0 Å². The SMILES string of the molecule is CCn1nc(C)c(Cl)c1CC(=O)c1ccc(Br)c(Cl)c1. The van der Waals surface area contributed by atoms with E-state index in [1.807, 2.05) is 13.8 Å². The van der Waals surface area contributed by atoms with Gasteiger partial charge in [-0.25, -0.2) is 0 Å². The summed E-state index contributed by atoms with van der Waals surface area (Å²) >= 11 is 15.5. The Kier molecular flexibility index (Phi) is 4.89. The maximum absolute atomic E-state index is 12.3. The van der Waals surface area contributed by atoms with Gasteiger partial charge in [0.05, 0.1) is 27.9 Å². The topological polar surface area (TPSA) is 34.9 Å². The number of nitrogens with zero attached hydrogens (tertiary/aromatic N) is 2. The van der Waals surface area contributed by atoms with Gasteiger partial charge in [-0.15, -0.1) is 0 Å². The van der Waals surface area contributed by atoms with Crippen molar-refractivity contribution in [1.82, 2.24) is 9.78 Å². The van der Waals surface area contributed by atoms with Crippen LogP contribution in [0.15, 0.2) is 22.7 Å². The van der Waals surface area contributed by atoms with Gasteiger partial charge in [-0.2, -0.15) is 5.10 Å². The minimum atomic E-state index is -0.0316. The van der Waals surface area contributed by atoms with Gasteiger partial charge in [-0.05, 0) is 41.9 Å². The Bertz CT molecular complexity index is 667. The summed E-state index contributed by atoms with van der Waals surface area (Å²) in [7, 11) is 0. The lowest BCUT2D eigenvalue weighted by Gasteiger charge is -2.06. The third-order valence-electron chi connectivity index (χ3n) is 3.02. The molecule has 6 heteroatoms. The number of halogens is 3. The third kappa shape index (κ3) is 3.08. The van der Waals surface area contributed by atoms with Gasteiger partial charge in [0.1, 0.15) is 0 Å². The summed E-state index contributed by atoms with van der Waals surface area (Å²) < 4.78 is 2.53. The van der Waals surface area contributed by atoms with Crippen molar-refractivity contribution < 1.29 is 4.79 Å². The number of carbonyl (C=O) groups is 1. The van der Waals surface area contributed by atoms with Crippen LogP contribution in [0.25, 0.3) is 0 Å². The fourth-order valence-corrected chi connectivity index (χ4v) is 2.59. The Morgan fingerprint density at radius 2 is 2.10 bits per heavy atom. The summed E-state index contributed by atoms with van der Waals surface area (Å²) in [5.74, 6) is -0.0316. The normalized spacial score (nSPS) is 10.8. The molecule has 0 saturated heterocycles. The first-order chi connectivity index (χ1) is 9.43. The average Bonchev–Trinajstić information content (AvgIpc) is 2.69. The van der Waals surface area contributed by atoms with Crippen LogP contribution >= 0.6 is 39.1 Å². The quantitative estimate of drug-likeness (QED) is 0.725. The molecule has 0 aliphatic rings. The van der Waals surface area contributed by atoms with Gasteiger partial charge in [0.15, 0.2) is 5.78 Å². The van der Waals surface area contributed by atoms with Gasteiger partial charge >= 0.3 is 0 Å². The number of benzene rings is 1. The van der Waals surface area contributed by atoms with Crippen molar-refractivity contribution in [3.05, 3.63) is 49.7 Å². The van der Waals surface area contributed by atoms with Crippen LogP contribution in [-0.2, 0) is 13.0 Å². The smallest absolute Gasteiger partial charge is 0.168 e. The van der Waals surface area contributed by atoms with Crippen LogP contribution in [0.4, 0.5) is 0 Å². The Hall–Kier alpha value is -0.840. The molecule has 0 saturated carbocycles. The first-order valence-electron chi connectivity index (χ1n) is 6.14. The first kappa shape index (κ1) is 15.5. The number of Topliss-reactive ketones (excluding diaryl/α,β-unsaturated/α-hetero) is 1. The average molecular weight is 376 g/mol.